The predicted octanol–water partition coefficient (Wildman–Crippen LogP) is 0.935. The Hall–Kier alpha value is -2.48. The van der Waals surface area contributed by atoms with Gasteiger partial charge in [-0.05, 0) is 24.7 Å². The molecule has 1 aromatic carbocycles. The lowest BCUT2D eigenvalue weighted by Crippen LogP contribution is -2.46. The minimum atomic E-state index is -0.455. The van der Waals surface area contributed by atoms with E-state index in [9.17, 15) is 9.59 Å². The topological polar surface area (TPSA) is 88.1 Å². The highest BCUT2D eigenvalue weighted by molar-refractivity contribution is 7.80. The van der Waals surface area contributed by atoms with Gasteiger partial charge in [0.2, 0.25) is 0 Å². The molecule has 23 heavy (non-hydrogen) atoms. The van der Waals surface area contributed by atoms with Crippen molar-refractivity contribution in [2.75, 3.05) is 7.05 Å². The Morgan fingerprint density at radius 1 is 1.26 bits per heavy atom. The van der Waals surface area contributed by atoms with Gasteiger partial charge in [-0.25, -0.2) is 4.68 Å². The summed E-state index contributed by atoms with van der Waals surface area (Å²) in [6, 6.07) is 6.94. The van der Waals surface area contributed by atoms with Crippen LogP contribution in [0.15, 0.2) is 29.1 Å². The molecule has 0 aliphatic heterocycles. The van der Waals surface area contributed by atoms with E-state index in [1.165, 1.54) is 4.68 Å². The highest BCUT2D eigenvalue weighted by atomic mass is 32.1. The minimum absolute atomic E-state index is 0.183. The van der Waals surface area contributed by atoms with Crippen molar-refractivity contribution >= 4 is 34.0 Å². The van der Waals surface area contributed by atoms with Gasteiger partial charge in [-0.1, -0.05) is 31.5 Å². The summed E-state index contributed by atoms with van der Waals surface area (Å²) in [5.74, 6) is -0.455. The fraction of sp³-hybridized carbons (Fsp3) is 0.333. The molecule has 1 heterocycles. The molecule has 7 nitrogen and oxygen atoms in total. The van der Waals surface area contributed by atoms with Gasteiger partial charge in [-0.3, -0.25) is 20.4 Å². The molecule has 122 valence electrons. The standard InChI is InChI=1S/C15H19N5O2S/c1-3-4-9-20-14(22)11-8-6-5-7-10(11)12(19-20)13(21)17-18-15(23)16-2/h5-8H,3-4,9H2,1-2H3,(H,17,21)(H2,16,18,23). The molecule has 2 rings (SSSR count). The van der Waals surface area contributed by atoms with Gasteiger partial charge >= 0.3 is 0 Å². The molecule has 0 atom stereocenters. The Bertz CT molecular complexity index is 787. The van der Waals surface area contributed by atoms with Crippen LogP contribution in [0.4, 0.5) is 0 Å². The number of amides is 1. The van der Waals surface area contributed by atoms with Crippen LogP contribution in [-0.4, -0.2) is 27.8 Å². The van der Waals surface area contributed by atoms with E-state index in [0.717, 1.165) is 12.8 Å². The van der Waals surface area contributed by atoms with Crippen LogP contribution >= 0.6 is 12.2 Å². The van der Waals surface area contributed by atoms with Gasteiger partial charge in [-0.15, -0.1) is 0 Å². The average molecular weight is 333 g/mol. The number of hydrazine groups is 1. The maximum atomic E-state index is 12.4. The molecule has 0 aliphatic rings. The van der Waals surface area contributed by atoms with Crippen LogP contribution < -0.4 is 21.7 Å². The third-order valence-electron chi connectivity index (χ3n) is 3.32. The Morgan fingerprint density at radius 3 is 2.61 bits per heavy atom. The molecule has 0 radical (unpaired) electrons. The Kier molecular flexibility index (Phi) is 5.64. The number of thiocarbonyl (C=S) groups is 1. The number of hydrogen-bond acceptors (Lipinski definition) is 4. The first kappa shape index (κ1) is 16.9. The summed E-state index contributed by atoms with van der Waals surface area (Å²) in [4.78, 5) is 24.8. The summed E-state index contributed by atoms with van der Waals surface area (Å²) < 4.78 is 1.34. The van der Waals surface area contributed by atoms with E-state index in [2.05, 4.69) is 21.3 Å². The zero-order valence-electron chi connectivity index (χ0n) is 13.0. The third-order valence-corrected chi connectivity index (χ3v) is 3.63. The van der Waals surface area contributed by atoms with Crippen molar-refractivity contribution in [1.29, 1.82) is 0 Å². The lowest BCUT2D eigenvalue weighted by atomic mass is 10.1. The number of carbonyl (C=O) groups excluding carboxylic acids is 1. The summed E-state index contributed by atoms with van der Waals surface area (Å²) in [7, 11) is 1.64. The second-order valence-electron chi connectivity index (χ2n) is 4.93. The molecule has 0 saturated carbocycles. The zero-order valence-corrected chi connectivity index (χ0v) is 13.9. The van der Waals surface area contributed by atoms with E-state index < -0.39 is 5.91 Å². The molecular weight excluding hydrogens is 314 g/mol. The van der Waals surface area contributed by atoms with Gasteiger partial charge in [0.1, 0.15) is 0 Å². The van der Waals surface area contributed by atoms with Crippen molar-refractivity contribution in [2.45, 2.75) is 26.3 Å². The first-order chi connectivity index (χ1) is 11.1. The number of rotatable bonds is 4. The first-order valence-electron chi connectivity index (χ1n) is 7.36. The average Bonchev–Trinajstić information content (AvgIpc) is 2.59. The number of unbranched alkanes of at least 4 members (excludes halogenated alkanes) is 1. The lowest BCUT2D eigenvalue weighted by Gasteiger charge is -2.12. The van der Waals surface area contributed by atoms with E-state index in [4.69, 9.17) is 12.2 Å². The van der Waals surface area contributed by atoms with E-state index in [-0.39, 0.29) is 16.4 Å². The highest BCUT2D eigenvalue weighted by Crippen LogP contribution is 2.13. The molecule has 0 spiro atoms. The predicted molar refractivity (Wildman–Crippen MR) is 93.2 cm³/mol. The number of benzene rings is 1. The minimum Gasteiger partial charge on any atom is -0.364 e. The van der Waals surface area contributed by atoms with E-state index in [1.54, 1.807) is 31.3 Å². The third kappa shape index (κ3) is 3.84. The SMILES string of the molecule is CCCCn1nc(C(=O)NNC(=S)NC)c2ccccc2c1=O. The van der Waals surface area contributed by atoms with Crippen molar-refractivity contribution in [3.63, 3.8) is 0 Å². The van der Waals surface area contributed by atoms with Gasteiger partial charge < -0.3 is 5.32 Å². The number of hydrogen-bond donors (Lipinski definition) is 3. The number of fused-ring (bicyclic) bond motifs is 1. The molecule has 1 aromatic heterocycles. The maximum Gasteiger partial charge on any atom is 0.290 e. The van der Waals surface area contributed by atoms with Crippen molar-refractivity contribution in [3.8, 4) is 0 Å². The molecule has 2 aromatic rings. The largest absolute Gasteiger partial charge is 0.364 e. The monoisotopic (exact) mass is 333 g/mol. The highest BCUT2D eigenvalue weighted by Gasteiger charge is 2.16. The maximum absolute atomic E-state index is 12.4. The summed E-state index contributed by atoms with van der Waals surface area (Å²) in [5.41, 5.74) is 5.03. The summed E-state index contributed by atoms with van der Waals surface area (Å²) in [6.07, 6.45) is 1.74. The molecule has 0 unspecified atom stereocenters. The van der Waals surface area contributed by atoms with Gasteiger partial charge in [0.15, 0.2) is 10.8 Å². The molecule has 0 fully saturated rings. The molecule has 8 heteroatoms. The Labute approximate surface area is 139 Å². The number of aromatic nitrogens is 2. The van der Waals surface area contributed by atoms with E-state index >= 15 is 0 Å². The second-order valence-corrected chi connectivity index (χ2v) is 5.34. The van der Waals surface area contributed by atoms with Gasteiger partial charge in [0, 0.05) is 19.0 Å². The van der Waals surface area contributed by atoms with Crippen molar-refractivity contribution in [3.05, 3.63) is 40.3 Å². The van der Waals surface area contributed by atoms with Crippen LogP contribution in [0, 0.1) is 0 Å². The number of aryl methyl sites for hydroxylation is 1. The number of nitrogens with zero attached hydrogens (tertiary/aromatic N) is 2. The van der Waals surface area contributed by atoms with E-state index in [0.29, 0.717) is 17.3 Å². The fourth-order valence-electron chi connectivity index (χ4n) is 2.10. The Balaban J connectivity index is 2.44. The van der Waals surface area contributed by atoms with Crippen LogP contribution in [0.25, 0.3) is 10.8 Å². The zero-order chi connectivity index (χ0) is 16.8. The molecular formula is C15H19N5O2S. The van der Waals surface area contributed by atoms with Crippen LogP contribution in [0.2, 0.25) is 0 Å². The quantitative estimate of drug-likeness (QED) is 0.570. The van der Waals surface area contributed by atoms with Gasteiger partial charge in [-0.2, -0.15) is 5.10 Å². The first-order valence-corrected chi connectivity index (χ1v) is 7.77. The number of carbonyl (C=O) groups is 1. The van der Waals surface area contributed by atoms with Crippen molar-refractivity contribution < 1.29 is 4.79 Å². The van der Waals surface area contributed by atoms with Crippen LogP contribution in [0.5, 0.6) is 0 Å². The van der Waals surface area contributed by atoms with Crippen LogP contribution in [0.1, 0.15) is 30.3 Å². The van der Waals surface area contributed by atoms with Gasteiger partial charge in [0.05, 0.1) is 5.39 Å². The summed E-state index contributed by atoms with van der Waals surface area (Å²) in [5, 5.41) is 8.18. The smallest absolute Gasteiger partial charge is 0.290 e. The van der Waals surface area contributed by atoms with Crippen molar-refractivity contribution in [2.24, 2.45) is 0 Å². The number of nitrogens with one attached hydrogen (secondary N) is 3. The lowest BCUT2D eigenvalue weighted by molar-refractivity contribution is 0.0938. The molecule has 3 N–H and O–H groups in total. The summed E-state index contributed by atoms with van der Waals surface area (Å²) in [6.45, 7) is 2.51. The molecule has 0 bridgehead atoms. The second kappa shape index (κ2) is 7.68. The van der Waals surface area contributed by atoms with Crippen LogP contribution in [-0.2, 0) is 6.54 Å². The van der Waals surface area contributed by atoms with E-state index in [1.807, 2.05) is 6.92 Å². The normalized spacial score (nSPS) is 10.3. The molecule has 0 aliphatic carbocycles. The Morgan fingerprint density at radius 2 is 1.96 bits per heavy atom. The fourth-order valence-corrected chi connectivity index (χ4v) is 2.15. The van der Waals surface area contributed by atoms with Crippen molar-refractivity contribution in [1.82, 2.24) is 25.9 Å². The van der Waals surface area contributed by atoms with Crippen LogP contribution in [0.3, 0.4) is 0 Å². The van der Waals surface area contributed by atoms with Gasteiger partial charge in [0.25, 0.3) is 11.5 Å². The summed E-state index contributed by atoms with van der Waals surface area (Å²) >= 11 is 4.91. The molecule has 0 saturated heterocycles. The molecule has 1 amide bonds.